The van der Waals surface area contributed by atoms with Crippen molar-refractivity contribution in [3.63, 3.8) is 0 Å². The second-order valence-electron chi connectivity index (χ2n) is 13.4. The number of hydrogen-bond acceptors (Lipinski definition) is 9. The number of amides is 6. The first-order chi connectivity index (χ1) is 25.0. The summed E-state index contributed by atoms with van der Waals surface area (Å²) >= 11 is 0. The number of aryl methyl sites for hydroxylation is 1. The third kappa shape index (κ3) is 6.06. The Bertz CT molecular complexity index is 2150. The number of ether oxygens (including phenoxy) is 2. The van der Waals surface area contributed by atoms with Crippen LogP contribution in [0.2, 0.25) is 0 Å². The van der Waals surface area contributed by atoms with Crippen LogP contribution in [0.15, 0.2) is 41.3 Å². The maximum absolute atomic E-state index is 13.2. The van der Waals surface area contributed by atoms with E-state index in [0.29, 0.717) is 55.2 Å². The van der Waals surface area contributed by atoms with Gasteiger partial charge in [-0.15, -0.1) is 0 Å². The van der Waals surface area contributed by atoms with Crippen molar-refractivity contribution >= 4 is 29.7 Å². The van der Waals surface area contributed by atoms with Crippen LogP contribution in [0.3, 0.4) is 0 Å². The highest BCUT2D eigenvalue weighted by molar-refractivity contribution is 6.23. The molecule has 2 aromatic carbocycles. The summed E-state index contributed by atoms with van der Waals surface area (Å²) in [5.41, 5.74) is 4.99. The fourth-order valence-electron chi connectivity index (χ4n) is 7.42. The van der Waals surface area contributed by atoms with Crippen LogP contribution in [0.1, 0.15) is 55.8 Å². The smallest absolute Gasteiger partial charge is 0.317 e. The van der Waals surface area contributed by atoms with Gasteiger partial charge in [-0.2, -0.15) is 0 Å². The summed E-state index contributed by atoms with van der Waals surface area (Å²) in [5.74, 6) is 5.61. The number of methoxy groups -OCH3 is 2. The van der Waals surface area contributed by atoms with E-state index in [-0.39, 0.29) is 48.0 Å². The van der Waals surface area contributed by atoms with Gasteiger partial charge in [0, 0.05) is 75.5 Å². The second-order valence-corrected chi connectivity index (χ2v) is 13.4. The number of carbonyl (C=O) groups is 5. The Morgan fingerprint density at radius 1 is 0.942 bits per heavy atom. The lowest BCUT2D eigenvalue weighted by molar-refractivity contribution is -0.136. The van der Waals surface area contributed by atoms with Crippen molar-refractivity contribution in [3.05, 3.63) is 80.3 Å². The van der Waals surface area contributed by atoms with Crippen LogP contribution in [0, 0.1) is 17.8 Å². The molecule has 3 aromatic rings. The molecular weight excluding hydrogens is 668 g/mol. The molecule has 14 nitrogen and oxygen atoms in total. The van der Waals surface area contributed by atoms with E-state index in [4.69, 9.17) is 9.47 Å². The number of pyridine rings is 1. The molecule has 0 spiro atoms. The van der Waals surface area contributed by atoms with E-state index < -0.39 is 29.7 Å². The van der Waals surface area contributed by atoms with E-state index in [1.165, 1.54) is 0 Å². The summed E-state index contributed by atoms with van der Waals surface area (Å²) < 4.78 is 13.3. The highest BCUT2D eigenvalue weighted by atomic mass is 16.5. The molecule has 14 heteroatoms. The zero-order valence-corrected chi connectivity index (χ0v) is 29.3. The van der Waals surface area contributed by atoms with Crippen molar-refractivity contribution in [2.45, 2.75) is 38.4 Å². The monoisotopic (exact) mass is 706 g/mol. The van der Waals surface area contributed by atoms with E-state index in [1.807, 2.05) is 18.3 Å². The first kappa shape index (κ1) is 34.5. The largest absolute Gasteiger partial charge is 0.496 e. The average molecular weight is 707 g/mol. The molecule has 1 aromatic heterocycles. The summed E-state index contributed by atoms with van der Waals surface area (Å²) in [6.45, 7) is 2.68. The molecule has 4 aliphatic rings. The first-order valence-electron chi connectivity index (χ1n) is 17.0. The van der Waals surface area contributed by atoms with E-state index in [2.05, 4.69) is 27.4 Å². The van der Waals surface area contributed by atoms with Crippen LogP contribution >= 0.6 is 0 Å². The number of piperidine rings is 1. The van der Waals surface area contributed by atoms with Gasteiger partial charge in [-0.05, 0) is 54.3 Å². The maximum Gasteiger partial charge on any atom is 0.317 e. The van der Waals surface area contributed by atoms with Crippen molar-refractivity contribution in [1.82, 2.24) is 29.9 Å². The quantitative estimate of drug-likeness (QED) is 0.287. The SMILES string of the molecule is CNC(=O)N1CCc2c(-c3cc(OC)c(CN4CC(C#Cc5ccc6c(c5)C(=O)N(C5CCC(=O)NC5=O)C6=O)C4)c(OC)c3)cn(C)c(=O)c2C1. The third-order valence-electron chi connectivity index (χ3n) is 10.2. The van der Waals surface area contributed by atoms with Gasteiger partial charge in [-0.3, -0.25) is 39.1 Å². The molecule has 0 radical (unpaired) electrons. The van der Waals surface area contributed by atoms with E-state index >= 15 is 0 Å². The minimum absolute atomic E-state index is 0.0593. The van der Waals surface area contributed by atoms with Crippen LogP contribution in [0.4, 0.5) is 4.79 Å². The zero-order valence-electron chi connectivity index (χ0n) is 29.3. The van der Waals surface area contributed by atoms with Gasteiger partial charge < -0.3 is 24.3 Å². The Kier molecular flexibility index (Phi) is 9.06. The van der Waals surface area contributed by atoms with E-state index in [1.54, 1.807) is 56.0 Å². The molecule has 2 N–H and O–H groups in total. The normalized spacial score (nSPS) is 18.6. The van der Waals surface area contributed by atoms with Crippen molar-refractivity contribution in [2.24, 2.45) is 13.0 Å². The molecule has 2 fully saturated rings. The van der Waals surface area contributed by atoms with Gasteiger partial charge in [0.05, 0.1) is 37.5 Å². The van der Waals surface area contributed by atoms with Crippen molar-refractivity contribution in [3.8, 4) is 34.5 Å². The number of carbonyl (C=O) groups excluding carboxylic acids is 5. The highest BCUT2D eigenvalue weighted by Crippen LogP contribution is 2.39. The summed E-state index contributed by atoms with van der Waals surface area (Å²) in [6, 6.07) is 7.52. The Balaban J connectivity index is 1.05. The third-order valence-corrected chi connectivity index (χ3v) is 10.2. The van der Waals surface area contributed by atoms with Gasteiger partial charge in [0.25, 0.3) is 17.4 Å². The number of urea groups is 1. The molecule has 268 valence electrons. The molecule has 4 aliphatic heterocycles. The molecule has 52 heavy (non-hydrogen) atoms. The summed E-state index contributed by atoms with van der Waals surface area (Å²) in [6.07, 6.45) is 2.52. The number of nitrogens with zero attached hydrogens (tertiary/aromatic N) is 4. The van der Waals surface area contributed by atoms with Crippen molar-refractivity contribution in [2.75, 3.05) is 40.9 Å². The lowest BCUT2D eigenvalue weighted by Gasteiger charge is -2.37. The number of aromatic nitrogens is 1. The summed E-state index contributed by atoms with van der Waals surface area (Å²) in [5, 5.41) is 4.85. The zero-order chi connectivity index (χ0) is 36.8. The molecule has 0 saturated carbocycles. The Morgan fingerprint density at radius 3 is 2.33 bits per heavy atom. The fourth-order valence-corrected chi connectivity index (χ4v) is 7.42. The number of hydrogen-bond donors (Lipinski definition) is 2. The van der Waals surface area contributed by atoms with Gasteiger partial charge in [0.1, 0.15) is 17.5 Å². The molecule has 0 bridgehead atoms. The summed E-state index contributed by atoms with van der Waals surface area (Å²) in [4.78, 5) is 80.4. The van der Waals surface area contributed by atoms with Crippen LogP contribution in [-0.2, 0) is 36.1 Å². The first-order valence-corrected chi connectivity index (χ1v) is 17.0. The van der Waals surface area contributed by atoms with Crippen molar-refractivity contribution < 1.29 is 33.4 Å². The van der Waals surface area contributed by atoms with E-state index in [9.17, 15) is 28.8 Å². The average Bonchev–Trinajstić information content (AvgIpc) is 3.37. The van der Waals surface area contributed by atoms with Gasteiger partial charge in [-0.25, -0.2) is 4.79 Å². The Morgan fingerprint density at radius 2 is 1.65 bits per heavy atom. The van der Waals surface area contributed by atoms with Gasteiger partial charge >= 0.3 is 6.03 Å². The van der Waals surface area contributed by atoms with Gasteiger partial charge in [0.2, 0.25) is 11.8 Å². The standard InChI is InChI=1S/C38H38N6O8/c1-39-38(50)43-12-11-24-27(18-41(2)35(47)28(24)20-43)23-14-31(51-3)29(32(15-23)52-4)19-42-16-22(17-42)6-5-21-7-8-25-26(13-21)37(49)44(36(25)48)30-9-10-33(45)40-34(30)46/h7-8,13-15,18,22,30H,9-12,16-17,19-20H2,1-4H3,(H,39,50)(H,40,45,46). The number of benzene rings is 2. The van der Waals surface area contributed by atoms with E-state index in [0.717, 1.165) is 27.2 Å². The van der Waals surface area contributed by atoms with Crippen LogP contribution in [0.5, 0.6) is 11.5 Å². The lowest BCUT2D eigenvalue weighted by Crippen LogP contribution is -2.54. The van der Waals surface area contributed by atoms with Gasteiger partial charge in [-0.1, -0.05) is 11.8 Å². The molecule has 1 atom stereocenters. The van der Waals surface area contributed by atoms with Crippen molar-refractivity contribution in [1.29, 1.82) is 0 Å². The second kappa shape index (κ2) is 13.6. The van der Waals surface area contributed by atoms with Crippen LogP contribution in [0.25, 0.3) is 11.1 Å². The molecular formula is C38H38N6O8. The molecule has 0 aliphatic carbocycles. The molecule has 1 unspecified atom stereocenters. The van der Waals surface area contributed by atoms with Gasteiger partial charge in [0.15, 0.2) is 0 Å². The Hall–Kier alpha value is -5.94. The number of fused-ring (bicyclic) bond motifs is 2. The number of imide groups is 2. The van der Waals surface area contributed by atoms with Crippen LogP contribution in [-0.4, -0.2) is 95.9 Å². The maximum atomic E-state index is 13.2. The van der Waals surface area contributed by atoms with Crippen LogP contribution < -0.4 is 25.7 Å². The Labute approximate surface area is 299 Å². The number of nitrogens with one attached hydrogen (secondary N) is 2. The fraction of sp³-hybridized carbons (Fsp3) is 0.368. The molecule has 5 heterocycles. The number of likely N-dealkylation sites (tertiary alicyclic amines) is 1. The highest BCUT2D eigenvalue weighted by Gasteiger charge is 2.44. The molecule has 6 amide bonds. The topological polar surface area (TPSA) is 160 Å². The number of rotatable bonds is 6. The molecule has 2 saturated heterocycles. The lowest BCUT2D eigenvalue weighted by atomic mass is 9.91. The predicted octanol–water partition coefficient (Wildman–Crippen LogP) is 1.65. The minimum atomic E-state index is -1.02. The molecule has 7 rings (SSSR count). The summed E-state index contributed by atoms with van der Waals surface area (Å²) in [7, 11) is 6.51. The minimum Gasteiger partial charge on any atom is -0.496 e. The predicted molar refractivity (Wildman–Crippen MR) is 188 cm³/mol.